The average molecular weight is 187 g/mol. The van der Waals surface area contributed by atoms with E-state index in [2.05, 4.69) is 16.6 Å². The van der Waals surface area contributed by atoms with Gasteiger partial charge >= 0.3 is 0 Å². The van der Waals surface area contributed by atoms with Gasteiger partial charge in [-0.1, -0.05) is 6.42 Å². The molecule has 0 bridgehead atoms. The first-order valence-corrected chi connectivity index (χ1v) is 5.58. The van der Waals surface area contributed by atoms with E-state index < -0.39 is 0 Å². The highest BCUT2D eigenvalue weighted by molar-refractivity contribution is 5.64. The lowest BCUT2D eigenvalue weighted by Crippen LogP contribution is -2.26. The number of nitrogens with zero attached hydrogens (tertiary/aromatic N) is 1. The third-order valence-corrected chi connectivity index (χ3v) is 3.61. The molecule has 14 heavy (non-hydrogen) atoms. The summed E-state index contributed by atoms with van der Waals surface area (Å²) in [5.74, 6) is 0.850. The van der Waals surface area contributed by atoms with Gasteiger partial charge in [0.25, 0.3) is 0 Å². The van der Waals surface area contributed by atoms with Crippen LogP contribution in [-0.4, -0.2) is 6.34 Å². The monoisotopic (exact) mass is 187 g/mol. The van der Waals surface area contributed by atoms with Crippen LogP contribution in [0.15, 0.2) is 28.0 Å². The Hall–Kier alpha value is -1.05. The molecule has 1 heterocycles. The van der Waals surface area contributed by atoms with Gasteiger partial charge in [0.05, 0.1) is 0 Å². The summed E-state index contributed by atoms with van der Waals surface area (Å²) in [7, 11) is 0. The van der Waals surface area contributed by atoms with Gasteiger partial charge in [-0.15, -0.1) is 0 Å². The minimum absolute atomic E-state index is 0.850. The zero-order valence-electron chi connectivity index (χ0n) is 8.34. The smallest absolute Gasteiger partial charge is 0.173 e. The summed E-state index contributed by atoms with van der Waals surface area (Å²) in [6.07, 6.45) is 12.8. The van der Waals surface area contributed by atoms with Gasteiger partial charge in [-0.25, -0.2) is 4.99 Å². The van der Waals surface area contributed by atoms with Crippen LogP contribution in [-0.2, 0) is 0 Å². The Morgan fingerprint density at radius 1 is 1.29 bits per heavy atom. The number of aliphatic imine (C=N–C) groups is 1. The van der Waals surface area contributed by atoms with Crippen molar-refractivity contribution in [1.29, 1.82) is 0 Å². The SMILES string of the molecule is [C]1=NC=C2CCC3CCCCC3=C2N1. The van der Waals surface area contributed by atoms with Crippen LogP contribution in [0.5, 0.6) is 0 Å². The minimum atomic E-state index is 0.850. The molecule has 1 atom stereocenters. The van der Waals surface area contributed by atoms with Gasteiger partial charge < -0.3 is 5.32 Å². The van der Waals surface area contributed by atoms with Crippen molar-refractivity contribution >= 4 is 6.34 Å². The van der Waals surface area contributed by atoms with Gasteiger partial charge in [0.2, 0.25) is 0 Å². The van der Waals surface area contributed by atoms with Crippen LogP contribution in [0.3, 0.4) is 0 Å². The fraction of sp³-hybridized carbons (Fsp3) is 0.583. The van der Waals surface area contributed by atoms with E-state index in [0.29, 0.717) is 0 Å². The van der Waals surface area contributed by atoms with Crippen molar-refractivity contribution in [2.45, 2.75) is 38.5 Å². The second kappa shape index (κ2) is 3.26. The van der Waals surface area contributed by atoms with Gasteiger partial charge in [0.1, 0.15) is 0 Å². The number of nitrogens with one attached hydrogen (secondary N) is 1. The van der Waals surface area contributed by atoms with Crippen LogP contribution in [0, 0.1) is 5.92 Å². The van der Waals surface area contributed by atoms with E-state index in [-0.39, 0.29) is 0 Å². The first kappa shape index (κ1) is 8.27. The maximum absolute atomic E-state index is 4.04. The lowest BCUT2D eigenvalue weighted by atomic mass is 9.75. The second-order valence-electron chi connectivity index (χ2n) is 4.40. The normalized spacial score (nSPS) is 30.3. The largest absolute Gasteiger partial charge is 0.337 e. The van der Waals surface area contributed by atoms with E-state index in [4.69, 9.17) is 0 Å². The molecule has 2 aliphatic carbocycles. The molecule has 1 radical (unpaired) electrons. The van der Waals surface area contributed by atoms with Crippen molar-refractivity contribution in [2.24, 2.45) is 10.9 Å². The predicted molar refractivity (Wildman–Crippen MR) is 56.9 cm³/mol. The Morgan fingerprint density at radius 2 is 2.29 bits per heavy atom. The Balaban J connectivity index is 2.01. The van der Waals surface area contributed by atoms with Gasteiger partial charge in [0.15, 0.2) is 6.34 Å². The molecule has 1 unspecified atom stereocenters. The van der Waals surface area contributed by atoms with Crippen molar-refractivity contribution in [3.63, 3.8) is 0 Å². The van der Waals surface area contributed by atoms with Crippen LogP contribution >= 0.6 is 0 Å². The summed E-state index contributed by atoms with van der Waals surface area (Å²) in [5.41, 5.74) is 4.41. The molecule has 0 aromatic carbocycles. The maximum atomic E-state index is 4.04. The third-order valence-electron chi connectivity index (χ3n) is 3.61. The molecular weight excluding hydrogens is 172 g/mol. The summed E-state index contributed by atoms with van der Waals surface area (Å²) in [6.45, 7) is 0. The number of allylic oxidation sites excluding steroid dienone is 2. The Morgan fingerprint density at radius 3 is 3.29 bits per heavy atom. The first-order chi connectivity index (χ1) is 6.95. The highest BCUT2D eigenvalue weighted by Gasteiger charge is 2.28. The molecule has 73 valence electrons. The molecule has 0 amide bonds. The third kappa shape index (κ3) is 1.21. The Bertz CT molecular complexity index is 336. The van der Waals surface area contributed by atoms with E-state index in [0.717, 1.165) is 5.92 Å². The van der Waals surface area contributed by atoms with E-state index >= 15 is 0 Å². The summed E-state index contributed by atoms with van der Waals surface area (Å²) in [6, 6.07) is 0. The molecule has 0 aromatic heterocycles. The number of hydrogen-bond acceptors (Lipinski definition) is 2. The molecule has 1 fully saturated rings. The van der Waals surface area contributed by atoms with Crippen molar-refractivity contribution in [3.8, 4) is 0 Å². The zero-order chi connectivity index (χ0) is 9.38. The van der Waals surface area contributed by atoms with Gasteiger partial charge in [-0.05, 0) is 49.2 Å². The highest BCUT2D eigenvalue weighted by Crippen LogP contribution is 2.41. The molecular formula is C12H15N2. The van der Waals surface area contributed by atoms with Crippen LogP contribution < -0.4 is 5.32 Å². The number of rotatable bonds is 0. The van der Waals surface area contributed by atoms with Crippen LogP contribution in [0.1, 0.15) is 38.5 Å². The van der Waals surface area contributed by atoms with E-state index in [1.165, 1.54) is 49.8 Å². The second-order valence-corrected chi connectivity index (χ2v) is 4.40. The minimum Gasteiger partial charge on any atom is -0.337 e. The summed E-state index contributed by atoms with van der Waals surface area (Å²) >= 11 is 0. The van der Waals surface area contributed by atoms with Gasteiger partial charge in [0, 0.05) is 11.9 Å². The fourth-order valence-electron chi connectivity index (χ4n) is 2.88. The van der Waals surface area contributed by atoms with Crippen molar-refractivity contribution in [1.82, 2.24) is 5.32 Å². The average Bonchev–Trinajstić information content (AvgIpc) is 2.29. The van der Waals surface area contributed by atoms with Crippen molar-refractivity contribution in [2.75, 3.05) is 0 Å². The van der Waals surface area contributed by atoms with Crippen LogP contribution in [0.4, 0.5) is 0 Å². The Labute approximate surface area is 84.8 Å². The van der Waals surface area contributed by atoms with Crippen molar-refractivity contribution < 1.29 is 0 Å². The lowest BCUT2D eigenvalue weighted by molar-refractivity contribution is 0.409. The number of hydrogen-bond donors (Lipinski definition) is 1. The molecule has 0 spiro atoms. The molecule has 1 aliphatic heterocycles. The molecule has 1 N–H and O–H groups in total. The van der Waals surface area contributed by atoms with Crippen LogP contribution in [0.2, 0.25) is 0 Å². The van der Waals surface area contributed by atoms with Crippen LogP contribution in [0.25, 0.3) is 0 Å². The van der Waals surface area contributed by atoms with E-state index in [1.807, 2.05) is 6.20 Å². The fourth-order valence-corrected chi connectivity index (χ4v) is 2.88. The summed E-state index contributed by atoms with van der Waals surface area (Å²) in [5, 5.41) is 3.21. The van der Waals surface area contributed by atoms with E-state index in [1.54, 1.807) is 5.57 Å². The predicted octanol–water partition coefficient (Wildman–Crippen LogP) is 2.62. The zero-order valence-corrected chi connectivity index (χ0v) is 8.34. The Kier molecular flexibility index (Phi) is 1.93. The molecule has 2 heteroatoms. The molecule has 1 saturated carbocycles. The maximum Gasteiger partial charge on any atom is 0.173 e. The highest BCUT2D eigenvalue weighted by atomic mass is 15.0. The summed E-state index contributed by atoms with van der Waals surface area (Å²) < 4.78 is 0. The van der Waals surface area contributed by atoms with Gasteiger partial charge in [-0.2, -0.15) is 0 Å². The lowest BCUT2D eigenvalue weighted by Gasteiger charge is -2.34. The molecule has 3 rings (SSSR count). The van der Waals surface area contributed by atoms with Crippen molar-refractivity contribution in [3.05, 3.63) is 23.0 Å². The topological polar surface area (TPSA) is 24.4 Å². The molecule has 2 nitrogen and oxygen atoms in total. The van der Waals surface area contributed by atoms with E-state index in [9.17, 15) is 0 Å². The first-order valence-electron chi connectivity index (χ1n) is 5.58. The molecule has 0 saturated heterocycles. The quantitative estimate of drug-likeness (QED) is 0.619. The number of fused-ring (bicyclic) bond motifs is 2. The van der Waals surface area contributed by atoms with Gasteiger partial charge in [-0.3, -0.25) is 0 Å². The molecule has 3 aliphatic rings. The standard InChI is InChI=1S/C12H15N2/c1-2-4-11-9(3-1)5-6-10-7-13-8-14-12(10)11/h7,9H,1-6H2,(H,13,14). The summed E-state index contributed by atoms with van der Waals surface area (Å²) in [4.78, 5) is 4.04. The molecule has 0 aromatic rings.